The number of anilines is 6. The van der Waals surface area contributed by atoms with Gasteiger partial charge in [-0.25, -0.2) is 0 Å². The lowest BCUT2D eigenvalue weighted by Gasteiger charge is -2.47. The number of hydrogen-bond donors (Lipinski definition) is 0. The molecule has 9 aromatic carbocycles. The van der Waals surface area contributed by atoms with E-state index >= 15 is 0 Å². The normalized spacial score (nSPS) is 13.2. The van der Waals surface area contributed by atoms with Crippen molar-refractivity contribution in [2.75, 3.05) is 9.80 Å². The molecule has 338 valence electrons. The SMILES string of the molecule is CC(C)(C)c1ccc2c(c1)N(c1c(-c3ccccc3)cccc1-c1ccccc1)c1cc(C(C)(C)C)cc3c1B2c1ccc(C(C)(C)C)cc1N3c1c(-c2ccccc2)cccc1-c1ccccc1. The Kier molecular flexibility index (Phi) is 10.7. The van der Waals surface area contributed by atoms with Gasteiger partial charge in [0, 0.05) is 45.0 Å². The predicted octanol–water partition coefficient (Wildman–Crippen LogP) is 16.3. The molecular formula is C66H61BN2. The smallest absolute Gasteiger partial charge is 0.252 e. The third-order valence-corrected chi connectivity index (χ3v) is 14.5. The summed E-state index contributed by atoms with van der Waals surface area (Å²) < 4.78 is 0. The Hall–Kier alpha value is -7.36. The largest absolute Gasteiger partial charge is 0.310 e. The number of fused-ring (bicyclic) bond motifs is 4. The van der Waals surface area contributed by atoms with Crippen LogP contribution in [0.1, 0.15) is 79.0 Å². The number of hydrogen-bond acceptors (Lipinski definition) is 2. The molecule has 0 saturated carbocycles. The van der Waals surface area contributed by atoms with Gasteiger partial charge < -0.3 is 9.80 Å². The van der Waals surface area contributed by atoms with Crippen LogP contribution in [0.2, 0.25) is 0 Å². The van der Waals surface area contributed by atoms with E-state index in [0.29, 0.717) is 0 Å². The summed E-state index contributed by atoms with van der Waals surface area (Å²) in [5, 5.41) is 0. The van der Waals surface area contributed by atoms with Crippen molar-refractivity contribution in [3.05, 3.63) is 223 Å². The quantitative estimate of drug-likeness (QED) is 0.154. The van der Waals surface area contributed by atoms with Crippen LogP contribution in [0.3, 0.4) is 0 Å². The van der Waals surface area contributed by atoms with Crippen LogP contribution in [0, 0.1) is 0 Å². The maximum atomic E-state index is 2.67. The highest BCUT2D eigenvalue weighted by atomic mass is 15.2. The molecule has 69 heavy (non-hydrogen) atoms. The maximum absolute atomic E-state index is 2.67. The summed E-state index contributed by atoms with van der Waals surface area (Å²) in [5.74, 6) is 0. The second-order valence-corrected chi connectivity index (χ2v) is 22.2. The summed E-state index contributed by atoms with van der Waals surface area (Å²) in [6.45, 7) is 21.1. The number of nitrogens with zero attached hydrogens (tertiary/aromatic N) is 2. The van der Waals surface area contributed by atoms with Crippen molar-refractivity contribution in [1.29, 1.82) is 0 Å². The van der Waals surface area contributed by atoms with Gasteiger partial charge in [0.1, 0.15) is 0 Å². The predicted molar refractivity (Wildman–Crippen MR) is 298 cm³/mol. The lowest BCUT2D eigenvalue weighted by molar-refractivity contribution is 0.590. The fourth-order valence-corrected chi connectivity index (χ4v) is 10.8. The minimum Gasteiger partial charge on any atom is -0.310 e. The van der Waals surface area contributed by atoms with Gasteiger partial charge in [0.2, 0.25) is 0 Å². The molecule has 2 nitrogen and oxygen atoms in total. The van der Waals surface area contributed by atoms with Crippen LogP contribution in [-0.4, -0.2) is 6.71 Å². The van der Waals surface area contributed by atoms with E-state index in [4.69, 9.17) is 0 Å². The lowest BCUT2D eigenvalue weighted by atomic mass is 9.33. The second kappa shape index (κ2) is 16.7. The van der Waals surface area contributed by atoms with Gasteiger partial charge in [-0.05, 0) is 95.8 Å². The molecule has 0 N–H and O–H groups in total. The highest BCUT2D eigenvalue weighted by molar-refractivity contribution is 7.00. The Balaban J connectivity index is 1.34. The van der Waals surface area contributed by atoms with Crippen molar-refractivity contribution in [3.63, 3.8) is 0 Å². The van der Waals surface area contributed by atoms with Crippen LogP contribution in [0.15, 0.2) is 206 Å². The second-order valence-electron chi connectivity index (χ2n) is 22.2. The standard InChI is InChI=1S/C66H61BN2/c1-64(2,3)48-36-38-55-57(40-48)68(62-51(44-24-14-10-15-25-44)32-22-33-52(62)45-26-16-11-17-27-45)59-42-50(66(7,8)9)43-60-61(59)67(55)56-39-37-49(65(4,5)6)41-58(56)69(60)63-53(46-28-18-12-19-29-46)34-23-35-54(63)47-30-20-13-21-31-47/h10-43H,1-9H3. The van der Waals surface area contributed by atoms with Crippen LogP contribution < -0.4 is 26.2 Å². The fourth-order valence-electron chi connectivity index (χ4n) is 10.8. The van der Waals surface area contributed by atoms with Crippen LogP contribution in [0.5, 0.6) is 0 Å². The molecule has 2 aliphatic heterocycles. The molecule has 0 saturated heterocycles. The Morgan fingerprint density at radius 1 is 0.290 bits per heavy atom. The molecule has 0 fully saturated rings. The summed E-state index contributed by atoms with van der Waals surface area (Å²) in [7, 11) is 0. The number of benzene rings is 9. The van der Waals surface area contributed by atoms with E-state index in [-0.39, 0.29) is 23.0 Å². The minimum atomic E-state index is -0.193. The molecule has 0 aromatic heterocycles. The first-order chi connectivity index (χ1) is 33.2. The van der Waals surface area contributed by atoms with Gasteiger partial charge in [-0.2, -0.15) is 0 Å². The molecule has 0 bridgehead atoms. The Labute approximate surface area is 411 Å². The summed E-state index contributed by atoms with van der Waals surface area (Å²) in [4.78, 5) is 5.35. The van der Waals surface area contributed by atoms with Crippen molar-refractivity contribution < 1.29 is 0 Å². The Morgan fingerprint density at radius 2 is 0.580 bits per heavy atom. The van der Waals surface area contributed by atoms with Gasteiger partial charge >= 0.3 is 0 Å². The van der Waals surface area contributed by atoms with Gasteiger partial charge in [-0.3, -0.25) is 0 Å². The maximum Gasteiger partial charge on any atom is 0.252 e. The first-order valence-corrected chi connectivity index (χ1v) is 24.7. The van der Waals surface area contributed by atoms with E-state index in [1.807, 2.05) is 0 Å². The van der Waals surface area contributed by atoms with E-state index in [1.165, 1.54) is 112 Å². The van der Waals surface area contributed by atoms with Crippen molar-refractivity contribution >= 4 is 57.2 Å². The Morgan fingerprint density at radius 3 is 0.870 bits per heavy atom. The number of para-hydroxylation sites is 2. The average Bonchev–Trinajstić information content (AvgIpc) is 3.35. The summed E-state index contributed by atoms with van der Waals surface area (Å²) >= 11 is 0. The van der Waals surface area contributed by atoms with Crippen molar-refractivity contribution in [3.8, 4) is 44.5 Å². The molecule has 11 rings (SSSR count). The summed E-state index contributed by atoms with van der Waals surface area (Å²) in [6.07, 6.45) is 0. The molecule has 0 radical (unpaired) electrons. The van der Waals surface area contributed by atoms with Gasteiger partial charge in [0.15, 0.2) is 0 Å². The molecular weight excluding hydrogens is 832 g/mol. The number of rotatable bonds is 6. The minimum absolute atomic E-state index is 0.0438. The molecule has 9 aromatic rings. The van der Waals surface area contributed by atoms with E-state index in [2.05, 4.69) is 278 Å². The monoisotopic (exact) mass is 892 g/mol. The van der Waals surface area contributed by atoms with Crippen LogP contribution >= 0.6 is 0 Å². The van der Waals surface area contributed by atoms with Crippen LogP contribution in [0.25, 0.3) is 44.5 Å². The molecule has 0 unspecified atom stereocenters. The summed E-state index contributed by atoms with van der Waals surface area (Å²) in [5.41, 5.74) is 24.3. The van der Waals surface area contributed by atoms with Crippen LogP contribution in [0.4, 0.5) is 34.1 Å². The summed E-state index contributed by atoms with van der Waals surface area (Å²) in [6, 6.07) is 77.7. The lowest BCUT2D eigenvalue weighted by Crippen LogP contribution is -2.61. The molecule has 0 atom stereocenters. The van der Waals surface area contributed by atoms with Crippen molar-refractivity contribution in [1.82, 2.24) is 0 Å². The van der Waals surface area contributed by atoms with E-state index < -0.39 is 0 Å². The molecule has 0 aliphatic carbocycles. The first-order valence-electron chi connectivity index (χ1n) is 24.7. The molecule has 2 aliphatic rings. The van der Waals surface area contributed by atoms with Crippen LogP contribution in [-0.2, 0) is 16.2 Å². The van der Waals surface area contributed by atoms with Crippen molar-refractivity contribution in [2.24, 2.45) is 0 Å². The molecule has 2 heterocycles. The third kappa shape index (κ3) is 7.69. The fraction of sp³-hybridized carbons (Fsp3) is 0.182. The van der Waals surface area contributed by atoms with Crippen molar-refractivity contribution in [2.45, 2.75) is 78.6 Å². The topological polar surface area (TPSA) is 6.48 Å². The van der Waals surface area contributed by atoms with Gasteiger partial charge in [0.05, 0.1) is 11.4 Å². The zero-order valence-electron chi connectivity index (χ0n) is 41.6. The molecule has 0 spiro atoms. The van der Waals surface area contributed by atoms with Gasteiger partial charge in [-0.1, -0.05) is 244 Å². The molecule has 0 amide bonds. The van der Waals surface area contributed by atoms with E-state index in [9.17, 15) is 0 Å². The van der Waals surface area contributed by atoms with E-state index in [1.54, 1.807) is 0 Å². The van der Waals surface area contributed by atoms with Gasteiger partial charge in [-0.15, -0.1) is 0 Å². The zero-order valence-corrected chi connectivity index (χ0v) is 41.6. The van der Waals surface area contributed by atoms with Gasteiger partial charge in [0.25, 0.3) is 6.71 Å². The highest BCUT2D eigenvalue weighted by Crippen LogP contribution is 2.54. The third-order valence-electron chi connectivity index (χ3n) is 14.5. The Bertz CT molecular complexity index is 3040. The van der Waals surface area contributed by atoms with E-state index in [0.717, 1.165) is 0 Å². The highest BCUT2D eigenvalue weighted by Gasteiger charge is 2.46. The molecule has 3 heteroatoms. The average molecular weight is 893 g/mol. The zero-order chi connectivity index (χ0) is 47.8. The first kappa shape index (κ1) is 44.2.